The van der Waals surface area contributed by atoms with Crippen LogP contribution < -0.4 is 4.90 Å². The molecular weight excluding hydrogens is 393 g/mol. The Balaban J connectivity index is 1.78. The molecule has 0 saturated carbocycles. The highest BCUT2D eigenvalue weighted by molar-refractivity contribution is 7.89. The molecule has 0 saturated heterocycles. The Bertz CT molecular complexity index is 1000. The van der Waals surface area contributed by atoms with Crippen molar-refractivity contribution in [2.75, 3.05) is 25.5 Å². The first kappa shape index (κ1) is 20.3. The fraction of sp³-hybridized carbons (Fsp3) is 0.316. The van der Waals surface area contributed by atoms with E-state index in [0.717, 1.165) is 22.0 Å². The fourth-order valence-corrected chi connectivity index (χ4v) is 4.04. The first-order valence-electron chi connectivity index (χ1n) is 8.52. The lowest BCUT2D eigenvalue weighted by Crippen LogP contribution is -2.30. The van der Waals surface area contributed by atoms with Crippen molar-refractivity contribution in [3.63, 3.8) is 0 Å². The van der Waals surface area contributed by atoms with Crippen LogP contribution in [0.25, 0.3) is 0 Å². The van der Waals surface area contributed by atoms with Crippen LogP contribution in [0.5, 0.6) is 0 Å². The summed E-state index contributed by atoms with van der Waals surface area (Å²) in [5.74, 6) is -0.248. The first-order chi connectivity index (χ1) is 13.0. The largest absolute Gasteiger partial charge is 0.416 e. The maximum atomic E-state index is 12.6. The summed E-state index contributed by atoms with van der Waals surface area (Å²) < 4.78 is 63.5. The predicted molar refractivity (Wildman–Crippen MR) is 98.5 cm³/mol. The van der Waals surface area contributed by atoms with Crippen molar-refractivity contribution in [3.05, 3.63) is 59.2 Å². The van der Waals surface area contributed by atoms with Crippen LogP contribution >= 0.6 is 0 Å². The summed E-state index contributed by atoms with van der Waals surface area (Å²) in [6.45, 7) is 0.403. The molecule has 5 nitrogen and oxygen atoms in total. The van der Waals surface area contributed by atoms with Crippen LogP contribution in [-0.2, 0) is 33.8 Å². The second-order valence-corrected chi connectivity index (χ2v) is 8.90. The number of anilines is 1. The highest BCUT2D eigenvalue weighted by atomic mass is 32.2. The Morgan fingerprint density at radius 1 is 1.11 bits per heavy atom. The molecule has 0 atom stereocenters. The molecule has 0 fully saturated rings. The monoisotopic (exact) mass is 412 g/mol. The summed E-state index contributed by atoms with van der Waals surface area (Å²) in [6, 6.07) is 9.13. The van der Waals surface area contributed by atoms with E-state index in [1.54, 1.807) is 17.0 Å². The number of nitrogens with zero attached hydrogens (tertiary/aromatic N) is 2. The van der Waals surface area contributed by atoms with Gasteiger partial charge in [-0.05, 0) is 47.9 Å². The van der Waals surface area contributed by atoms with Crippen LogP contribution in [0.15, 0.2) is 47.4 Å². The summed E-state index contributed by atoms with van der Waals surface area (Å²) in [7, 11) is -0.669. The van der Waals surface area contributed by atoms with E-state index in [1.807, 2.05) is 0 Å². The maximum absolute atomic E-state index is 12.6. The van der Waals surface area contributed by atoms with Gasteiger partial charge >= 0.3 is 6.18 Å². The quantitative estimate of drug-likeness (QED) is 0.776. The molecule has 28 heavy (non-hydrogen) atoms. The van der Waals surface area contributed by atoms with Gasteiger partial charge in [0.2, 0.25) is 15.9 Å². The lowest BCUT2D eigenvalue weighted by atomic mass is 10.1. The summed E-state index contributed by atoms with van der Waals surface area (Å²) in [4.78, 5) is 14.3. The van der Waals surface area contributed by atoms with Crippen molar-refractivity contribution in [1.29, 1.82) is 0 Å². The van der Waals surface area contributed by atoms with Crippen molar-refractivity contribution < 1.29 is 26.4 Å². The number of carbonyl (C=O) groups is 1. The molecular formula is C19H19F3N2O3S. The molecule has 1 amide bonds. The number of amides is 1. The average Bonchev–Trinajstić information content (AvgIpc) is 3.04. The summed E-state index contributed by atoms with van der Waals surface area (Å²) in [5, 5.41) is 0. The topological polar surface area (TPSA) is 57.7 Å². The third-order valence-corrected chi connectivity index (χ3v) is 6.47. The Kier molecular flexibility index (Phi) is 5.24. The van der Waals surface area contributed by atoms with Gasteiger partial charge in [0.25, 0.3) is 0 Å². The fourth-order valence-electron chi connectivity index (χ4n) is 3.09. The number of halogens is 3. The number of fused-ring (bicyclic) bond motifs is 1. The molecule has 0 N–H and O–H groups in total. The zero-order chi connectivity index (χ0) is 20.7. The van der Waals surface area contributed by atoms with Crippen LogP contribution in [0.3, 0.4) is 0 Å². The molecule has 3 rings (SSSR count). The van der Waals surface area contributed by atoms with E-state index in [9.17, 15) is 26.4 Å². The number of benzene rings is 2. The minimum atomic E-state index is -4.42. The van der Waals surface area contributed by atoms with Crippen LogP contribution in [-0.4, -0.2) is 39.3 Å². The molecule has 0 radical (unpaired) electrons. The van der Waals surface area contributed by atoms with Gasteiger partial charge in [0.05, 0.1) is 16.9 Å². The van der Waals surface area contributed by atoms with Gasteiger partial charge < -0.3 is 4.90 Å². The van der Waals surface area contributed by atoms with E-state index in [2.05, 4.69) is 0 Å². The van der Waals surface area contributed by atoms with Gasteiger partial charge in [-0.3, -0.25) is 4.79 Å². The van der Waals surface area contributed by atoms with E-state index in [4.69, 9.17) is 0 Å². The highest BCUT2D eigenvalue weighted by Crippen LogP contribution is 2.32. The standard InChI is InChI=1S/C19H19F3N2O3S/c1-23(2)28(26,27)16-7-8-17-14(12-16)9-10-24(17)18(25)11-13-3-5-15(6-4-13)19(20,21)22/h3-8,12H,9-11H2,1-2H3. The summed E-state index contributed by atoms with van der Waals surface area (Å²) >= 11 is 0. The van der Waals surface area contributed by atoms with Crippen molar-refractivity contribution in [2.24, 2.45) is 0 Å². The molecule has 0 aromatic heterocycles. The minimum absolute atomic E-state index is 0.0324. The molecule has 2 aromatic rings. The Hall–Kier alpha value is -2.39. The van der Waals surface area contributed by atoms with Crippen LogP contribution in [0.1, 0.15) is 16.7 Å². The molecule has 1 aliphatic rings. The van der Waals surface area contributed by atoms with Gasteiger partial charge in [-0.25, -0.2) is 12.7 Å². The van der Waals surface area contributed by atoms with Crippen LogP contribution in [0, 0.1) is 0 Å². The second kappa shape index (κ2) is 7.21. The third kappa shape index (κ3) is 3.90. The van der Waals surface area contributed by atoms with Crippen molar-refractivity contribution >= 4 is 21.6 Å². The highest BCUT2D eigenvalue weighted by Gasteiger charge is 2.30. The van der Waals surface area contributed by atoms with Gasteiger partial charge in [0.15, 0.2) is 0 Å². The minimum Gasteiger partial charge on any atom is -0.312 e. The first-order valence-corrected chi connectivity index (χ1v) is 9.96. The zero-order valence-electron chi connectivity index (χ0n) is 15.3. The van der Waals surface area contributed by atoms with E-state index >= 15 is 0 Å². The zero-order valence-corrected chi connectivity index (χ0v) is 16.1. The molecule has 0 bridgehead atoms. The van der Waals surface area contributed by atoms with Crippen molar-refractivity contribution in [2.45, 2.75) is 23.9 Å². The van der Waals surface area contributed by atoms with Gasteiger partial charge in [-0.15, -0.1) is 0 Å². The van der Waals surface area contributed by atoms with E-state index < -0.39 is 21.8 Å². The van der Waals surface area contributed by atoms with E-state index in [1.165, 1.54) is 32.3 Å². The van der Waals surface area contributed by atoms with Crippen LogP contribution in [0.2, 0.25) is 0 Å². The number of rotatable bonds is 4. The second-order valence-electron chi connectivity index (χ2n) is 6.74. The summed E-state index contributed by atoms with van der Waals surface area (Å²) in [5.41, 5.74) is 1.11. The van der Waals surface area contributed by atoms with Crippen LogP contribution in [0.4, 0.5) is 18.9 Å². The number of hydrogen-bond acceptors (Lipinski definition) is 3. The smallest absolute Gasteiger partial charge is 0.312 e. The molecule has 1 heterocycles. The van der Waals surface area contributed by atoms with Crippen molar-refractivity contribution in [1.82, 2.24) is 4.31 Å². The maximum Gasteiger partial charge on any atom is 0.416 e. The lowest BCUT2D eigenvalue weighted by Gasteiger charge is -2.18. The van der Waals surface area contributed by atoms with Crippen molar-refractivity contribution in [3.8, 4) is 0 Å². The van der Waals surface area contributed by atoms with Gasteiger partial charge in [-0.1, -0.05) is 12.1 Å². The van der Waals surface area contributed by atoms with Gasteiger partial charge in [-0.2, -0.15) is 13.2 Å². The summed E-state index contributed by atoms with van der Waals surface area (Å²) in [6.07, 6.45) is -3.93. The normalized spacial score (nSPS) is 14.4. The molecule has 1 aliphatic heterocycles. The Labute approximate surface area is 161 Å². The third-order valence-electron chi connectivity index (χ3n) is 4.66. The lowest BCUT2D eigenvalue weighted by molar-refractivity contribution is -0.137. The van der Waals surface area contributed by atoms with Gasteiger partial charge in [0.1, 0.15) is 0 Å². The number of alkyl halides is 3. The molecule has 9 heteroatoms. The molecule has 0 aliphatic carbocycles. The van der Waals surface area contributed by atoms with E-state index in [0.29, 0.717) is 24.2 Å². The average molecular weight is 412 g/mol. The molecule has 0 spiro atoms. The Morgan fingerprint density at radius 2 is 1.75 bits per heavy atom. The number of sulfonamides is 1. The SMILES string of the molecule is CN(C)S(=O)(=O)c1ccc2c(c1)CCN2C(=O)Cc1ccc(C(F)(F)F)cc1. The number of hydrogen-bond donors (Lipinski definition) is 0. The van der Waals surface area contributed by atoms with E-state index in [-0.39, 0.29) is 17.2 Å². The van der Waals surface area contributed by atoms with Gasteiger partial charge in [0, 0.05) is 26.3 Å². The predicted octanol–water partition coefficient (Wildman–Crippen LogP) is 3.09. The molecule has 150 valence electrons. The molecule has 0 unspecified atom stereocenters. The Morgan fingerprint density at radius 3 is 2.32 bits per heavy atom. The molecule has 2 aromatic carbocycles. The number of carbonyl (C=O) groups excluding carboxylic acids is 1.